The lowest BCUT2D eigenvalue weighted by atomic mass is 9.92. The topological polar surface area (TPSA) is 36.5 Å². The predicted octanol–water partition coefficient (Wildman–Crippen LogP) is 2.82. The molecule has 0 spiro atoms. The summed E-state index contributed by atoms with van der Waals surface area (Å²) in [5, 5.41) is 7.72. The lowest BCUT2D eigenvalue weighted by molar-refractivity contribution is 0.0515. The van der Waals surface area contributed by atoms with Crippen molar-refractivity contribution < 1.29 is 4.74 Å². The van der Waals surface area contributed by atoms with Crippen LogP contribution < -0.4 is 15.5 Å². The first-order valence-electron chi connectivity index (χ1n) is 9.77. The molecular weight excluding hydrogens is 334 g/mol. The van der Waals surface area contributed by atoms with Gasteiger partial charge in [0.15, 0.2) is 0 Å². The molecule has 1 aliphatic carbocycles. The zero-order chi connectivity index (χ0) is 16.2. The molecule has 4 unspecified atom stereocenters. The van der Waals surface area contributed by atoms with Gasteiger partial charge in [0, 0.05) is 43.4 Å². The lowest BCUT2D eigenvalue weighted by Gasteiger charge is -2.39. The Morgan fingerprint density at radius 3 is 2.76 bits per heavy atom. The summed E-state index contributed by atoms with van der Waals surface area (Å²) < 4.78 is 5.71. The van der Waals surface area contributed by atoms with Crippen molar-refractivity contribution in [1.82, 2.24) is 10.6 Å². The minimum atomic E-state index is 0. The smallest absolute Gasteiger partial charge is 0.0623 e. The molecule has 4 rings (SSSR count). The Bertz CT molecular complexity index is 509. The fourth-order valence-electron chi connectivity index (χ4n) is 4.83. The Morgan fingerprint density at radius 1 is 1.08 bits per heavy atom. The average molecular weight is 366 g/mol. The molecule has 2 N–H and O–H groups in total. The first-order chi connectivity index (χ1) is 11.9. The molecule has 25 heavy (non-hydrogen) atoms. The average Bonchev–Trinajstić information content (AvgIpc) is 3.11. The number of benzene rings is 1. The fraction of sp³-hybridized carbons (Fsp3) is 0.700. The highest BCUT2D eigenvalue weighted by molar-refractivity contribution is 5.85. The zero-order valence-electron chi connectivity index (χ0n) is 15.0. The van der Waals surface area contributed by atoms with Gasteiger partial charge in [0.05, 0.1) is 13.2 Å². The van der Waals surface area contributed by atoms with Crippen LogP contribution in [0.4, 0.5) is 5.69 Å². The number of anilines is 1. The Labute approximate surface area is 158 Å². The molecule has 2 heterocycles. The molecule has 1 aromatic rings. The van der Waals surface area contributed by atoms with E-state index in [1.54, 1.807) is 0 Å². The van der Waals surface area contributed by atoms with E-state index in [1.165, 1.54) is 44.3 Å². The highest BCUT2D eigenvalue weighted by Crippen LogP contribution is 2.31. The molecule has 1 aromatic carbocycles. The van der Waals surface area contributed by atoms with E-state index in [2.05, 4.69) is 45.9 Å². The molecule has 2 aliphatic heterocycles. The molecule has 0 aromatic heterocycles. The van der Waals surface area contributed by atoms with Crippen molar-refractivity contribution in [1.29, 1.82) is 0 Å². The maximum absolute atomic E-state index is 5.71. The minimum absolute atomic E-state index is 0. The molecule has 0 radical (unpaired) electrons. The molecule has 5 heteroatoms. The summed E-state index contributed by atoms with van der Waals surface area (Å²) in [5.41, 5.74) is 1.37. The first-order valence-corrected chi connectivity index (χ1v) is 9.77. The molecule has 3 aliphatic rings. The third-order valence-electron chi connectivity index (χ3n) is 6.03. The van der Waals surface area contributed by atoms with E-state index in [-0.39, 0.29) is 12.4 Å². The van der Waals surface area contributed by atoms with Crippen LogP contribution in [0.1, 0.15) is 32.1 Å². The third kappa shape index (κ3) is 4.68. The van der Waals surface area contributed by atoms with Crippen molar-refractivity contribution in [3.8, 4) is 0 Å². The van der Waals surface area contributed by atoms with Crippen LogP contribution in [0.25, 0.3) is 0 Å². The van der Waals surface area contributed by atoms with Gasteiger partial charge in [-0.15, -0.1) is 12.4 Å². The van der Waals surface area contributed by atoms with Crippen molar-refractivity contribution in [2.24, 2.45) is 5.92 Å². The van der Waals surface area contributed by atoms with E-state index < -0.39 is 0 Å². The molecule has 3 fully saturated rings. The Hall–Kier alpha value is -0.810. The van der Waals surface area contributed by atoms with Gasteiger partial charge in [-0.2, -0.15) is 0 Å². The number of morpholine rings is 1. The number of ether oxygens (including phenoxy) is 1. The minimum Gasteiger partial charge on any atom is -0.379 e. The summed E-state index contributed by atoms with van der Waals surface area (Å²) in [6.07, 6.45) is 6.62. The number of nitrogens with zero attached hydrogens (tertiary/aromatic N) is 1. The van der Waals surface area contributed by atoms with Crippen molar-refractivity contribution >= 4 is 18.1 Å². The molecule has 1 saturated carbocycles. The quantitative estimate of drug-likeness (QED) is 0.860. The summed E-state index contributed by atoms with van der Waals surface area (Å²) in [6.45, 7) is 5.11. The summed E-state index contributed by atoms with van der Waals surface area (Å²) in [7, 11) is 0. The molecule has 140 valence electrons. The van der Waals surface area contributed by atoms with Gasteiger partial charge in [0.25, 0.3) is 0 Å². The molecule has 2 saturated heterocycles. The van der Waals surface area contributed by atoms with E-state index in [1.807, 2.05) is 0 Å². The van der Waals surface area contributed by atoms with Gasteiger partial charge < -0.3 is 20.3 Å². The number of hydrogen-bond acceptors (Lipinski definition) is 4. The first kappa shape index (κ1) is 19.0. The normalized spacial score (nSPS) is 33.0. The van der Waals surface area contributed by atoms with Crippen molar-refractivity contribution in [2.45, 2.75) is 50.2 Å². The summed E-state index contributed by atoms with van der Waals surface area (Å²) in [4.78, 5) is 2.55. The van der Waals surface area contributed by atoms with E-state index in [0.717, 1.165) is 32.2 Å². The van der Waals surface area contributed by atoms with Crippen LogP contribution >= 0.6 is 12.4 Å². The molecule has 0 amide bonds. The fourth-order valence-corrected chi connectivity index (χ4v) is 4.83. The third-order valence-corrected chi connectivity index (χ3v) is 6.03. The van der Waals surface area contributed by atoms with Gasteiger partial charge in [0.1, 0.15) is 0 Å². The van der Waals surface area contributed by atoms with Crippen LogP contribution in [-0.4, -0.2) is 51.0 Å². The van der Waals surface area contributed by atoms with Crippen LogP contribution in [-0.2, 0) is 4.74 Å². The molecule has 4 atom stereocenters. The van der Waals surface area contributed by atoms with Crippen LogP contribution in [0.3, 0.4) is 0 Å². The van der Waals surface area contributed by atoms with Gasteiger partial charge >= 0.3 is 0 Å². The summed E-state index contributed by atoms with van der Waals surface area (Å²) in [5.74, 6) is 0.734. The number of halogens is 1. The standard InChI is InChI=1S/C20H31N3O.ClH/c1-2-7-17(8-3-1)23-12-5-6-16(14-23)22-19-10-4-9-18(19)20-15-24-13-11-21-20;/h1-3,7-8,16,18-22H,4-6,9-15H2;1H. The van der Waals surface area contributed by atoms with Gasteiger partial charge in [-0.1, -0.05) is 24.6 Å². The Kier molecular flexibility index (Phi) is 7.00. The zero-order valence-corrected chi connectivity index (χ0v) is 15.8. The van der Waals surface area contributed by atoms with Gasteiger partial charge in [-0.05, 0) is 43.7 Å². The van der Waals surface area contributed by atoms with Crippen LogP contribution in [0.2, 0.25) is 0 Å². The van der Waals surface area contributed by atoms with Gasteiger partial charge in [-0.3, -0.25) is 0 Å². The second kappa shape index (κ2) is 9.22. The maximum Gasteiger partial charge on any atom is 0.0623 e. The molecule has 4 nitrogen and oxygen atoms in total. The Morgan fingerprint density at radius 2 is 1.96 bits per heavy atom. The van der Waals surface area contributed by atoms with Crippen LogP contribution in [0.15, 0.2) is 30.3 Å². The van der Waals surface area contributed by atoms with E-state index in [0.29, 0.717) is 18.1 Å². The van der Waals surface area contributed by atoms with Gasteiger partial charge in [0.2, 0.25) is 0 Å². The van der Waals surface area contributed by atoms with Crippen LogP contribution in [0.5, 0.6) is 0 Å². The van der Waals surface area contributed by atoms with Gasteiger partial charge in [-0.25, -0.2) is 0 Å². The van der Waals surface area contributed by atoms with E-state index >= 15 is 0 Å². The second-order valence-electron chi connectivity index (χ2n) is 7.62. The summed E-state index contributed by atoms with van der Waals surface area (Å²) >= 11 is 0. The maximum atomic E-state index is 5.71. The van der Waals surface area contributed by atoms with E-state index in [9.17, 15) is 0 Å². The van der Waals surface area contributed by atoms with Crippen molar-refractivity contribution in [3.63, 3.8) is 0 Å². The summed E-state index contributed by atoms with van der Waals surface area (Å²) in [6, 6.07) is 12.7. The lowest BCUT2D eigenvalue weighted by Crippen LogP contribution is -2.55. The van der Waals surface area contributed by atoms with Crippen molar-refractivity contribution in [3.05, 3.63) is 30.3 Å². The number of piperidine rings is 1. The predicted molar refractivity (Wildman–Crippen MR) is 106 cm³/mol. The molecule has 0 bridgehead atoms. The largest absolute Gasteiger partial charge is 0.379 e. The highest BCUT2D eigenvalue weighted by Gasteiger charge is 2.36. The monoisotopic (exact) mass is 365 g/mol. The SMILES string of the molecule is Cl.c1ccc(N2CCCC(NC3CCCC3C3COCCN3)C2)cc1. The van der Waals surface area contributed by atoms with Crippen molar-refractivity contribution in [2.75, 3.05) is 37.7 Å². The number of hydrogen-bond donors (Lipinski definition) is 2. The molecular formula is C20H32ClN3O. The van der Waals surface area contributed by atoms with Crippen LogP contribution in [0, 0.1) is 5.92 Å². The second-order valence-corrected chi connectivity index (χ2v) is 7.62. The Balaban J connectivity index is 0.00000182. The number of rotatable bonds is 4. The van der Waals surface area contributed by atoms with E-state index in [4.69, 9.17) is 4.74 Å². The number of nitrogens with one attached hydrogen (secondary N) is 2. The highest BCUT2D eigenvalue weighted by atomic mass is 35.5. The number of para-hydroxylation sites is 1.